The van der Waals surface area contributed by atoms with Crippen molar-refractivity contribution in [3.63, 3.8) is 0 Å². The Labute approximate surface area is 122 Å². The molecule has 0 aromatic heterocycles. The minimum absolute atomic E-state index is 0.626. The van der Waals surface area contributed by atoms with E-state index in [0.29, 0.717) is 10.7 Å². The highest BCUT2D eigenvalue weighted by Gasteiger charge is 2.18. The first-order valence-electron chi connectivity index (χ1n) is 6.24. The molecule has 1 aliphatic heterocycles. The first-order valence-corrected chi connectivity index (χ1v) is 6.62. The summed E-state index contributed by atoms with van der Waals surface area (Å²) in [5, 5.41) is 2.23. The Morgan fingerprint density at radius 3 is 2.45 bits per heavy atom. The van der Waals surface area contributed by atoms with Crippen LogP contribution in [0.4, 0.5) is 0 Å². The van der Waals surface area contributed by atoms with Gasteiger partial charge in [0.25, 0.3) is 0 Å². The zero-order valence-electron chi connectivity index (χ0n) is 10.8. The molecule has 2 aromatic rings. The summed E-state index contributed by atoms with van der Waals surface area (Å²) in [4.78, 5) is 0. The summed E-state index contributed by atoms with van der Waals surface area (Å²) in [5.41, 5.74) is 10.7. The summed E-state index contributed by atoms with van der Waals surface area (Å²) in [6, 6.07) is 15.4. The molecule has 0 atom stereocenters. The third-order valence-corrected chi connectivity index (χ3v) is 3.55. The normalized spacial score (nSPS) is 16.0. The van der Waals surface area contributed by atoms with Crippen molar-refractivity contribution in [3.05, 3.63) is 76.4 Å². The van der Waals surface area contributed by atoms with Gasteiger partial charge in [-0.3, -0.25) is 5.01 Å². The van der Waals surface area contributed by atoms with Gasteiger partial charge in [-0.25, -0.2) is 5.84 Å². The maximum Gasteiger partial charge on any atom is 0.0881 e. The number of benzene rings is 2. The molecule has 0 aliphatic carbocycles. The van der Waals surface area contributed by atoms with E-state index >= 15 is 0 Å². The van der Waals surface area contributed by atoms with Crippen LogP contribution in [0, 0.1) is 0 Å². The number of rotatable bonds is 1. The summed E-state index contributed by atoms with van der Waals surface area (Å²) in [6.45, 7) is 0. The van der Waals surface area contributed by atoms with E-state index in [1.807, 2.05) is 54.6 Å². The lowest BCUT2D eigenvalue weighted by atomic mass is 9.98. The summed E-state index contributed by atoms with van der Waals surface area (Å²) < 4.78 is 0. The Balaban J connectivity index is 2.18. The summed E-state index contributed by atoms with van der Waals surface area (Å²) in [5.74, 6) is 6.04. The minimum atomic E-state index is 0.626. The molecule has 4 heteroatoms. The van der Waals surface area contributed by atoms with Crippen LogP contribution in [-0.2, 0) is 0 Å². The molecule has 2 aromatic carbocycles. The molecule has 3 nitrogen and oxygen atoms in total. The largest absolute Gasteiger partial charge is 0.396 e. The van der Waals surface area contributed by atoms with E-state index in [-0.39, 0.29) is 0 Å². The van der Waals surface area contributed by atoms with E-state index < -0.39 is 0 Å². The zero-order valence-corrected chi connectivity index (χ0v) is 11.5. The van der Waals surface area contributed by atoms with Gasteiger partial charge in [0.1, 0.15) is 0 Å². The van der Waals surface area contributed by atoms with Gasteiger partial charge in [-0.2, -0.15) is 0 Å². The van der Waals surface area contributed by atoms with Crippen molar-refractivity contribution in [1.82, 2.24) is 5.01 Å². The Bertz CT molecular complexity index is 702. The highest BCUT2D eigenvalue weighted by Crippen LogP contribution is 2.31. The second kappa shape index (κ2) is 5.04. The number of hydrogen-bond acceptors (Lipinski definition) is 3. The number of hydrogen-bond donors (Lipinski definition) is 2. The second-order valence-corrected chi connectivity index (χ2v) is 5.02. The smallest absolute Gasteiger partial charge is 0.0881 e. The van der Waals surface area contributed by atoms with Crippen LogP contribution in [0.1, 0.15) is 16.7 Å². The average molecular weight is 284 g/mol. The van der Waals surface area contributed by atoms with E-state index in [0.717, 1.165) is 22.4 Å². The molecule has 0 fully saturated rings. The van der Waals surface area contributed by atoms with E-state index in [9.17, 15) is 0 Å². The summed E-state index contributed by atoms with van der Waals surface area (Å²) >= 11 is 5.91. The number of halogens is 1. The van der Waals surface area contributed by atoms with Gasteiger partial charge >= 0.3 is 0 Å². The van der Waals surface area contributed by atoms with Gasteiger partial charge < -0.3 is 5.73 Å². The van der Waals surface area contributed by atoms with E-state index in [1.165, 1.54) is 0 Å². The Morgan fingerprint density at radius 2 is 1.70 bits per heavy atom. The average Bonchev–Trinajstić information content (AvgIpc) is 2.47. The maximum absolute atomic E-state index is 6.31. The SMILES string of the molecule is N/C(=C1/c2ccccc2C=CN1N)c1ccc(Cl)cc1. The molecule has 1 aliphatic rings. The van der Waals surface area contributed by atoms with Crippen LogP contribution in [0.25, 0.3) is 17.5 Å². The topological polar surface area (TPSA) is 55.3 Å². The summed E-state index contributed by atoms with van der Waals surface area (Å²) in [6.07, 6.45) is 3.77. The predicted molar refractivity (Wildman–Crippen MR) is 84.0 cm³/mol. The fraction of sp³-hybridized carbons (Fsp3) is 0. The molecule has 0 amide bonds. The van der Waals surface area contributed by atoms with Crippen molar-refractivity contribution < 1.29 is 0 Å². The highest BCUT2D eigenvalue weighted by atomic mass is 35.5. The van der Waals surface area contributed by atoms with Crippen molar-refractivity contribution in [1.29, 1.82) is 0 Å². The molecule has 3 rings (SSSR count). The van der Waals surface area contributed by atoms with Gasteiger partial charge in [-0.15, -0.1) is 0 Å². The Kier molecular flexibility index (Phi) is 3.22. The second-order valence-electron chi connectivity index (χ2n) is 4.58. The number of nitrogens with zero attached hydrogens (tertiary/aromatic N) is 1. The van der Waals surface area contributed by atoms with Crippen LogP contribution in [0.2, 0.25) is 5.02 Å². The fourth-order valence-electron chi connectivity index (χ4n) is 2.28. The molecule has 0 bridgehead atoms. The van der Waals surface area contributed by atoms with Crippen molar-refractivity contribution in [2.45, 2.75) is 0 Å². The molecule has 1 heterocycles. The van der Waals surface area contributed by atoms with Gasteiger partial charge in [0.2, 0.25) is 0 Å². The number of nitrogens with two attached hydrogens (primary N) is 2. The zero-order chi connectivity index (χ0) is 14.1. The molecule has 0 saturated carbocycles. The number of hydrazine groups is 1. The van der Waals surface area contributed by atoms with Gasteiger partial charge in [-0.1, -0.05) is 48.0 Å². The fourth-order valence-corrected chi connectivity index (χ4v) is 2.41. The predicted octanol–water partition coefficient (Wildman–Crippen LogP) is 3.28. The van der Waals surface area contributed by atoms with E-state index in [1.54, 1.807) is 11.2 Å². The highest BCUT2D eigenvalue weighted by molar-refractivity contribution is 6.30. The molecule has 0 saturated heterocycles. The van der Waals surface area contributed by atoms with Crippen LogP contribution in [0.5, 0.6) is 0 Å². The van der Waals surface area contributed by atoms with Crippen LogP contribution in [0.3, 0.4) is 0 Å². The third-order valence-electron chi connectivity index (χ3n) is 3.30. The van der Waals surface area contributed by atoms with E-state index in [4.69, 9.17) is 23.2 Å². The lowest BCUT2D eigenvalue weighted by molar-refractivity contribution is 0.567. The van der Waals surface area contributed by atoms with Crippen molar-refractivity contribution in [2.75, 3.05) is 0 Å². The van der Waals surface area contributed by atoms with Crippen LogP contribution in [-0.4, -0.2) is 5.01 Å². The maximum atomic E-state index is 6.31. The van der Waals surface area contributed by atoms with Crippen molar-refractivity contribution >= 4 is 29.1 Å². The third kappa shape index (κ3) is 2.18. The quantitative estimate of drug-likeness (QED) is 0.790. The monoisotopic (exact) mass is 283 g/mol. The molecule has 4 N–H and O–H groups in total. The van der Waals surface area contributed by atoms with Crippen LogP contribution < -0.4 is 11.6 Å². The first-order chi connectivity index (χ1) is 9.66. The summed E-state index contributed by atoms with van der Waals surface area (Å²) in [7, 11) is 0. The molecule has 0 spiro atoms. The lowest BCUT2D eigenvalue weighted by Gasteiger charge is -2.26. The van der Waals surface area contributed by atoms with E-state index in [2.05, 4.69) is 0 Å². The Morgan fingerprint density at radius 1 is 1.00 bits per heavy atom. The molecule has 20 heavy (non-hydrogen) atoms. The molecule has 0 unspecified atom stereocenters. The van der Waals surface area contributed by atoms with Crippen LogP contribution >= 0.6 is 11.6 Å². The molecular formula is C16H14ClN3. The first kappa shape index (κ1) is 12.8. The van der Waals surface area contributed by atoms with Crippen molar-refractivity contribution in [2.24, 2.45) is 11.6 Å². The number of fused-ring (bicyclic) bond motifs is 1. The molecular weight excluding hydrogens is 270 g/mol. The minimum Gasteiger partial charge on any atom is -0.396 e. The standard InChI is InChI=1S/C16H14ClN3/c17-13-7-5-12(6-8-13)15(18)16-14-4-2-1-3-11(14)9-10-20(16)19/h1-10H,18-19H2/b16-15-. The Hall–Kier alpha value is -2.23. The van der Waals surface area contributed by atoms with Gasteiger partial charge in [0.05, 0.1) is 11.4 Å². The molecule has 100 valence electrons. The van der Waals surface area contributed by atoms with Gasteiger partial charge in [0, 0.05) is 16.8 Å². The van der Waals surface area contributed by atoms with Crippen LogP contribution in [0.15, 0.2) is 54.7 Å². The van der Waals surface area contributed by atoms with Crippen molar-refractivity contribution in [3.8, 4) is 0 Å². The lowest BCUT2D eigenvalue weighted by Crippen LogP contribution is -2.28. The van der Waals surface area contributed by atoms with Gasteiger partial charge in [-0.05, 0) is 29.3 Å². The van der Waals surface area contributed by atoms with Gasteiger partial charge in [0.15, 0.2) is 0 Å². The molecule has 0 radical (unpaired) electrons.